The lowest BCUT2D eigenvalue weighted by Gasteiger charge is -2.17. The first-order valence-corrected chi connectivity index (χ1v) is 5.86. The SMILES string of the molecule is CCNCC(=O)NCC1CCCC1CO. The van der Waals surface area contributed by atoms with Gasteiger partial charge in [-0.2, -0.15) is 0 Å². The number of carbonyl (C=O) groups excluding carboxylic acids is 1. The van der Waals surface area contributed by atoms with Gasteiger partial charge in [0.25, 0.3) is 0 Å². The van der Waals surface area contributed by atoms with E-state index >= 15 is 0 Å². The Balaban J connectivity index is 2.15. The molecule has 4 heteroatoms. The molecule has 4 nitrogen and oxygen atoms in total. The fourth-order valence-electron chi connectivity index (χ4n) is 2.17. The van der Waals surface area contributed by atoms with Gasteiger partial charge in [-0.1, -0.05) is 13.3 Å². The summed E-state index contributed by atoms with van der Waals surface area (Å²) in [6.45, 7) is 4.17. The van der Waals surface area contributed by atoms with Gasteiger partial charge in [0.2, 0.25) is 5.91 Å². The molecule has 15 heavy (non-hydrogen) atoms. The van der Waals surface area contributed by atoms with Crippen LogP contribution >= 0.6 is 0 Å². The molecule has 0 aromatic carbocycles. The van der Waals surface area contributed by atoms with Gasteiger partial charge in [-0.25, -0.2) is 0 Å². The second-order valence-electron chi connectivity index (χ2n) is 4.22. The van der Waals surface area contributed by atoms with Gasteiger partial charge in [0.05, 0.1) is 6.54 Å². The van der Waals surface area contributed by atoms with Gasteiger partial charge in [0, 0.05) is 13.2 Å². The first-order valence-electron chi connectivity index (χ1n) is 5.86. The Labute approximate surface area is 91.4 Å². The van der Waals surface area contributed by atoms with Crippen molar-refractivity contribution in [1.82, 2.24) is 10.6 Å². The summed E-state index contributed by atoms with van der Waals surface area (Å²) in [7, 11) is 0. The van der Waals surface area contributed by atoms with E-state index in [1.54, 1.807) is 0 Å². The van der Waals surface area contributed by atoms with Crippen molar-refractivity contribution >= 4 is 5.91 Å². The normalized spacial score (nSPS) is 25.5. The molecule has 1 aliphatic carbocycles. The fraction of sp³-hybridized carbons (Fsp3) is 0.909. The number of aliphatic hydroxyl groups is 1. The summed E-state index contributed by atoms with van der Waals surface area (Å²) in [5, 5.41) is 15.0. The van der Waals surface area contributed by atoms with E-state index in [0.29, 0.717) is 18.4 Å². The molecule has 1 amide bonds. The van der Waals surface area contributed by atoms with Crippen molar-refractivity contribution in [2.75, 3.05) is 26.2 Å². The number of carbonyl (C=O) groups is 1. The first kappa shape index (κ1) is 12.5. The Kier molecular flexibility index (Phi) is 5.65. The minimum absolute atomic E-state index is 0.0560. The first-order chi connectivity index (χ1) is 7.27. The Bertz CT molecular complexity index is 197. The quantitative estimate of drug-likeness (QED) is 0.588. The summed E-state index contributed by atoms with van der Waals surface area (Å²) in [5.41, 5.74) is 0. The molecule has 1 rings (SSSR count). The Morgan fingerprint density at radius 3 is 2.80 bits per heavy atom. The predicted octanol–water partition coefficient (Wildman–Crippen LogP) is 0.121. The van der Waals surface area contributed by atoms with E-state index in [1.165, 1.54) is 6.42 Å². The molecule has 1 aliphatic rings. The van der Waals surface area contributed by atoms with Gasteiger partial charge in [-0.3, -0.25) is 4.79 Å². The maximum absolute atomic E-state index is 11.3. The monoisotopic (exact) mass is 214 g/mol. The summed E-state index contributed by atoms with van der Waals surface area (Å²) in [6, 6.07) is 0. The molecule has 0 aromatic heterocycles. The molecule has 0 radical (unpaired) electrons. The van der Waals surface area contributed by atoms with E-state index in [2.05, 4.69) is 10.6 Å². The maximum atomic E-state index is 11.3. The number of hydrogen-bond acceptors (Lipinski definition) is 3. The zero-order valence-electron chi connectivity index (χ0n) is 9.46. The van der Waals surface area contributed by atoms with Crippen molar-refractivity contribution < 1.29 is 9.90 Å². The molecule has 0 heterocycles. The van der Waals surface area contributed by atoms with Crippen LogP contribution < -0.4 is 10.6 Å². The van der Waals surface area contributed by atoms with Gasteiger partial charge < -0.3 is 15.7 Å². The van der Waals surface area contributed by atoms with E-state index in [9.17, 15) is 4.79 Å². The topological polar surface area (TPSA) is 61.4 Å². The molecule has 88 valence electrons. The summed E-state index contributed by atoms with van der Waals surface area (Å²) in [5.74, 6) is 0.922. The molecule has 0 bridgehead atoms. The number of likely N-dealkylation sites (N-methyl/N-ethyl adjacent to an activating group) is 1. The molecule has 0 spiro atoms. The fourth-order valence-corrected chi connectivity index (χ4v) is 2.17. The number of rotatable bonds is 6. The standard InChI is InChI=1S/C11H22N2O2/c1-2-12-7-11(15)13-6-9-4-3-5-10(9)8-14/h9-10,12,14H,2-8H2,1H3,(H,13,15). The van der Waals surface area contributed by atoms with Crippen LogP contribution in [0.5, 0.6) is 0 Å². The zero-order valence-corrected chi connectivity index (χ0v) is 9.46. The van der Waals surface area contributed by atoms with Crippen LogP contribution in [-0.4, -0.2) is 37.3 Å². The smallest absolute Gasteiger partial charge is 0.233 e. The summed E-state index contributed by atoms with van der Waals surface area (Å²) < 4.78 is 0. The van der Waals surface area contributed by atoms with Crippen molar-refractivity contribution in [3.05, 3.63) is 0 Å². The van der Waals surface area contributed by atoms with Gasteiger partial charge in [-0.05, 0) is 31.2 Å². The molecule has 3 N–H and O–H groups in total. The molecular formula is C11H22N2O2. The lowest BCUT2D eigenvalue weighted by atomic mass is 9.97. The van der Waals surface area contributed by atoms with Crippen LogP contribution in [0.15, 0.2) is 0 Å². The second kappa shape index (κ2) is 6.80. The zero-order chi connectivity index (χ0) is 11.1. The Morgan fingerprint density at radius 2 is 2.13 bits per heavy atom. The molecule has 0 aromatic rings. The third kappa shape index (κ3) is 4.18. The molecule has 1 fully saturated rings. The summed E-state index contributed by atoms with van der Waals surface area (Å²) in [4.78, 5) is 11.3. The van der Waals surface area contributed by atoms with Gasteiger partial charge in [0.15, 0.2) is 0 Å². The van der Waals surface area contributed by atoms with E-state index < -0.39 is 0 Å². The Morgan fingerprint density at radius 1 is 1.40 bits per heavy atom. The summed E-state index contributed by atoms with van der Waals surface area (Å²) in [6.07, 6.45) is 3.41. The van der Waals surface area contributed by atoms with Gasteiger partial charge >= 0.3 is 0 Å². The highest BCUT2D eigenvalue weighted by molar-refractivity contribution is 5.77. The van der Waals surface area contributed by atoms with Gasteiger partial charge in [-0.15, -0.1) is 0 Å². The van der Waals surface area contributed by atoms with E-state index in [4.69, 9.17) is 5.11 Å². The van der Waals surface area contributed by atoms with Crippen molar-refractivity contribution in [2.24, 2.45) is 11.8 Å². The minimum Gasteiger partial charge on any atom is -0.396 e. The van der Waals surface area contributed by atoms with Crippen molar-refractivity contribution in [3.8, 4) is 0 Å². The van der Waals surface area contributed by atoms with Gasteiger partial charge in [0.1, 0.15) is 0 Å². The highest BCUT2D eigenvalue weighted by Crippen LogP contribution is 2.30. The molecule has 0 aliphatic heterocycles. The lowest BCUT2D eigenvalue weighted by molar-refractivity contribution is -0.120. The summed E-state index contributed by atoms with van der Waals surface area (Å²) >= 11 is 0. The molecular weight excluding hydrogens is 192 g/mol. The van der Waals surface area contributed by atoms with Crippen LogP contribution in [-0.2, 0) is 4.79 Å². The minimum atomic E-state index is 0.0560. The predicted molar refractivity (Wildman–Crippen MR) is 59.5 cm³/mol. The largest absolute Gasteiger partial charge is 0.396 e. The molecule has 1 saturated carbocycles. The van der Waals surface area contributed by atoms with Crippen LogP contribution in [0.25, 0.3) is 0 Å². The van der Waals surface area contributed by atoms with Crippen molar-refractivity contribution in [1.29, 1.82) is 0 Å². The number of nitrogens with one attached hydrogen (secondary N) is 2. The van der Waals surface area contributed by atoms with Crippen LogP contribution in [0.2, 0.25) is 0 Å². The van der Waals surface area contributed by atoms with E-state index in [0.717, 1.165) is 25.9 Å². The molecule has 0 saturated heterocycles. The van der Waals surface area contributed by atoms with Crippen LogP contribution in [0.4, 0.5) is 0 Å². The molecule has 2 atom stereocenters. The van der Waals surface area contributed by atoms with Crippen LogP contribution in [0, 0.1) is 11.8 Å². The van der Waals surface area contributed by atoms with Crippen LogP contribution in [0.1, 0.15) is 26.2 Å². The average Bonchev–Trinajstić information content (AvgIpc) is 2.70. The Hall–Kier alpha value is -0.610. The maximum Gasteiger partial charge on any atom is 0.233 e. The van der Waals surface area contributed by atoms with E-state index in [-0.39, 0.29) is 12.5 Å². The lowest BCUT2D eigenvalue weighted by Crippen LogP contribution is -2.37. The van der Waals surface area contributed by atoms with E-state index in [1.807, 2.05) is 6.92 Å². The van der Waals surface area contributed by atoms with Crippen molar-refractivity contribution in [2.45, 2.75) is 26.2 Å². The van der Waals surface area contributed by atoms with Crippen LogP contribution in [0.3, 0.4) is 0 Å². The average molecular weight is 214 g/mol. The molecule has 2 unspecified atom stereocenters. The highest BCUT2D eigenvalue weighted by atomic mass is 16.3. The number of aliphatic hydroxyl groups excluding tert-OH is 1. The number of amides is 1. The van der Waals surface area contributed by atoms with Crippen molar-refractivity contribution in [3.63, 3.8) is 0 Å². The third-order valence-corrected chi connectivity index (χ3v) is 3.15. The second-order valence-corrected chi connectivity index (χ2v) is 4.22. The highest BCUT2D eigenvalue weighted by Gasteiger charge is 2.26. The number of hydrogen-bond donors (Lipinski definition) is 3. The third-order valence-electron chi connectivity index (χ3n) is 3.15.